The zero-order valence-electron chi connectivity index (χ0n) is 5.62. The number of rotatable bonds is 0. The Morgan fingerprint density at radius 1 is 1.30 bits per heavy atom. The lowest BCUT2D eigenvalue weighted by Gasteiger charge is -2.08. The Morgan fingerprint density at radius 2 is 2.10 bits per heavy atom. The van der Waals surface area contributed by atoms with Crippen LogP contribution in [0.3, 0.4) is 0 Å². The van der Waals surface area contributed by atoms with Crippen LogP contribution >= 0.6 is 12.8 Å². The zero-order valence-corrected chi connectivity index (χ0v) is 6.51. The molecule has 1 aliphatic heterocycles. The first-order chi connectivity index (χ1) is 4.88. The maximum atomic E-state index is 4.30. The van der Waals surface area contributed by atoms with Gasteiger partial charge in [-0.05, 0) is 18.1 Å². The van der Waals surface area contributed by atoms with E-state index in [0.717, 1.165) is 13.0 Å². The van der Waals surface area contributed by atoms with E-state index >= 15 is 0 Å². The molecule has 0 radical (unpaired) electrons. The Bertz CT molecular complexity index is 247. The highest BCUT2D eigenvalue weighted by atomic mass is 32.1. The van der Waals surface area contributed by atoms with E-state index in [-0.39, 0.29) is 0 Å². The highest BCUT2D eigenvalue weighted by Gasteiger charge is 2.13. The minimum Gasteiger partial charge on any atom is -0.318 e. The summed E-state index contributed by atoms with van der Waals surface area (Å²) in [4.78, 5) is 0. The molecule has 0 amide bonds. The molecule has 2 rings (SSSR count). The van der Waals surface area contributed by atoms with Crippen LogP contribution in [0.4, 0.5) is 5.69 Å². The third kappa shape index (κ3) is 0.797. The molecule has 0 unspecified atom stereocenters. The van der Waals surface area contributed by atoms with Crippen LogP contribution in [0, 0.1) is 0 Å². The molecule has 0 bridgehead atoms. The maximum Gasteiger partial charge on any atom is 0.0500 e. The minimum atomic E-state index is 1.04. The molecule has 0 aromatic heterocycles. The fraction of sp³-hybridized carbons (Fsp3) is 0.250. The standard InChI is InChI=1S/C8H9NS/c10-9-6-5-7-3-1-2-4-8(7)9/h1-4,10H,5-6H2. The largest absolute Gasteiger partial charge is 0.318 e. The van der Waals surface area contributed by atoms with E-state index < -0.39 is 0 Å². The average molecular weight is 151 g/mol. The number of hydrogen-bond acceptors (Lipinski definition) is 2. The molecule has 1 aliphatic rings. The van der Waals surface area contributed by atoms with E-state index in [1.165, 1.54) is 11.3 Å². The van der Waals surface area contributed by atoms with E-state index in [1.54, 1.807) is 0 Å². The molecule has 0 aliphatic carbocycles. The van der Waals surface area contributed by atoms with Crippen LogP contribution in [-0.2, 0) is 6.42 Å². The summed E-state index contributed by atoms with van der Waals surface area (Å²) in [6.07, 6.45) is 1.14. The number of fused-ring (bicyclic) bond motifs is 1. The van der Waals surface area contributed by atoms with Gasteiger partial charge < -0.3 is 4.31 Å². The molecule has 0 saturated heterocycles. The van der Waals surface area contributed by atoms with Crippen molar-refractivity contribution in [3.8, 4) is 0 Å². The predicted molar refractivity (Wildman–Crippen MR) is 46.5 cm³/mol. The van der Waals surface area contributed by atoms with Crippen LogP contribution in [0.5, 0.6) is 0 Å². The molecule has 2 heteroatoms. The van der Waals surface area contributed by atoms with Gasteiger partial charge in [0, 0.05) is 12.2 Å². The molecular weight excluding hydrogens is 142 g/mol. The van der Waals surface area contributed by atoms with E-state index in [9.17, 15) is 0 Å². The van der Waals surface area contributed by atoms with Crippen molar-refractivity contribution < 1.29 is 0 Å². The first-order valence-electron chi connectivity index (χ1n) is 3.42. The SMILES string of the molecule is SN1CCc2ccccc21. The molecule has 1 aromatic rings. The number of para-hydroxylation sites is 1. The van der Waals surface area contributed by atoms with Crippen molar-refractivity contribution in [2.24, 2.45) is 0 Å². The van der Waals surface area contributed by atoms with Gasteiger partial charge in [0.25, 0.3) is 0 Å². The predicted octanol–water partition coefficient (Wildman–Crippen LogP) is 1.89. The lowest BCUT2D eigenvalue weighted by molar-refractivity contribution is 1.06. The summed E-state index contributed by atoms with van der Waals surface area (Å²) >= 11 is 4.30. The van der Waals surface area contributed by atoms with Gasteiger partial charge in [-0.25, -0.2) is 0 Å². The summed E-state index contributed by atoms with van der Waals surface area (Å²) in [5.41, 5.74) is 2.68. The number of thiol groups is 1. The highest BCUT2D eigenvalue weighted by Crippen LogP contribution is 2.27. The first kappa shape index (κ1) is 6.10. The Labute approximate surface area is 66.2 Å². The third-order valence-corrected chi connectivity index (χ3v) is 2.28. The van der Waals surface area contributed by atoms with Crippen LogP contribution in [0.15, 0.2) is 24.3 Å². The molecule has 0 saturated carbocycles. The molecule has 52 valence electrons. The number of nitrogens with zero attached hydrogens (tertiary/aromatic N) is 1. The maximum absolute atomic E-state index is 4.30. The van der Waals surface area contributed by atoms with Gasteiger partial charge in [0.1, 0.15) is 0 Å². The number of anilines is 1. The van der Waals surface area contributed by atoms with E-state index in [1.807, 2.05) is 10.4 Å². The summed E-state index contributed by atoms with van der Waals surface area (Å²) in [5, 5.41) is 0. The number of hydrogen-bond donors (Lipinski definition) is 1. The lowest BCUT2D eigenvalue weighted by atomic mass is 10.2. The van der Waals surface area contributed by atoms with E-state index in [2.05, 4.69) is 31.0 Å². The monoisotopic (exact) mass is 151 g/mol. The Balaban J connectivity index is 2.51. The van der Waals surface area contributed by atoms with Gasteiger partial charge in [-0.2, -0.15) is 0 Å². The fourth-order valence-electron chi connectivity index (χ4n) is 1.32. The van der Waals surface area contributed by atoms with Gasteiger partial charge in [-0.15, -0.1) is 0 Å². The van der Waals surface area contributed by atoms with Crippen LogP contribution < -0.4 is 4.31 Å². The molecule has 1 heterocycles. The normalized spacial score (nSPS) is 15.5. The molecule has 1 nitrogen and oxygen atoms in total. The van der Waals surface area contributed by atoms with Gasteiger partial charge in [0.05, 0.1) is 0 Å². The van der Waals surface area contributed by atoms with Gasteiger partial charge in [-0.3, -0.25) is 0 Å². The molecule has 1 aromatic carbocycles. The smallest absolute Gasteiger partial charge is 0.0500 e. The Kier molecular flexibility index (Phi) is 1.34. The van der Waals surface area contributed by atoms with E-state index in [4.69, 9.17) is 0 Å². The summed E-state index contributed by atoms with van der Waals surface area (Å²) in [6.45, 7) is 1.04. The second-order valence-corrected chi connectivity index (χ2v) is 2.98. The highest BCUT2D eigenvalue weighted by molar-refractivity contribution is 7.81. The van der Waals surface area contributed by atoms with Crippen molar-refractivity contribution in [3.05, 3.63) is 29.8 Å². The second-order valence-electron chi connectivity index (χ2n) is 2.50. The molecular formula is C8H9NS. The molecule has 0 fully saturated rings. The minimum absolute atomic E-state index is 1.04. The Hall–Kier alpha value is -0.630. The van der Waals surface area contributed by atoms with Crippen LogP contribution in [-0.4, -0.2) is 6.54 Å². The van der Waals surface area contributed by atoms with Crippen LogP contribution in [0.1, 0.15) is 5.56 Å². The fourth-order valence-corrected chi connectivity index (χ4v) is 1.62. The summed E-state index contributed by atoms with van der Waals surface area (Å²) in [5.74, 6) is 0. The first-order valence-corrected chi connectivity index (χ1v) is 3.82. The quantitative estimate of drug-likeness (QED) is 0.554. The van der Waals surface area contributed by atoms with Crippen molar-refractivity contribution in [1.82, 2.24) is 0 Å². The summed E-state index contributed by atoms with van der Waals surface area (Å²) in [6, 6.07) is 8.39. The van der Waals surface area contributed by atoms with Crippen molar-refractivity contribution in [1.29, 1.82) is 0 Å². The van der Waals surface area contributed by atoms with Crippen LogP contribution in [0.2, 0.25) is 0 Å². The average Bonchev–Trinajstić information content (AvgIpc) is 2.34. The topological polar surface area (TPSA) is 3.24 Å². The summed E-state index contributed by atoms with van der Waals surface area (Å²) in [7, 11) is 0. The third-order valence-electron chi connectivity index (χ3n) is 1.86. The summed E-state index contributed by atoms with van der Waals surface area (Å²) < 4.78 is 2.00. The molecule has 0 atom stereocenters. The van der Waals surface area contributed by atoms with Crippen molar-refractivity contribution in [2.75, 3.05) is 10.8 Å². The molecule has 0 spiro atoms. The second kappa shape index (κ2) is 2.20. The lowest BCUT2D eigenvalue weighted by Crippen LogP contribution is -2.04. The van der Waals surface area contributed by atoms with Gasteiger partial charge in [-0.1, -0.05) is 31.0 Å². The molecule has 0 N–H and O–H groups in total. The number of benzene rings is 1. The molecule has 10 heavy (non-hydrogen) atoms. The van der Waals surface area contributed by atoms with Gasteiger partial charge >= 0.3 is 0 Å². The van der Waals surface area contributed by atoms with Crippen molar-refractivity contribution in [3.63, 3.8) is 0 Å². The van der Waals surface area contributed by atoms with Gasteiger partial charge in [0.15, 0.2) is 0 Å². The Morgan fingerprint density at radius 3 is 2.90 bits per heavy atom. The van der Waals surface area contributed by atoms with E-state index in [0.29, 0.717) is 0 Å². The van der Waals surface area contributed by atoms with Crippen molar-refractivity contribution in [2.45, 2.75) is 6.42 Å². The van der Waals surface area contributed by atoms with Crippen molar-refractivity contribution >= 4 is 18.5 Å². The van der Waals surface area contributed by atoms with Crippen LogP contribution in [0.25, 0.3) is 0 Å². The zero-order chi connectivity index (χ0) is 6.97. The van der Waals surface area contributed by atoms with Gasteiger partial charge in [0.2, 0.25) is 0 Å².